The van der Waals surface area contributed by atoms with E-state index in [1.807, 2.05) is 18.2 Å². The average molecular weight is 280 g/mol. The topological polar surface area (TPSA) is 27.7 Å². The van der Waals surface area contributed by atoms with Crippen LogP contribution in [0.2, 0.25) is 0 Å². The summed E-state index contributed by atoms with van der Waals surface area (Å²) in [5.41, 5.74) is 0. The molecule has 19 heavy (non-hydrogen) atoms. The lowest BCUT2D eigenvalue weighted by atomic mass is 10.1. The van der Waals surface area contributed by atoms with E-state index >= 15 is 0 Å². The first-order valence-electron chi connectivity index (χ1n) is 7.04. The van der Waals surface area contributed by atoms with E-state index in [2.05, 4.69) is 19.1 Å². The summed E-state index contributed by atoms with van der Waals surface area (Å²) in [5, 5.41) is 0.888. The molecular formula is C15H24O3Si. The highest BCUT2D eigenvalue weighted by molar-refractivity contribution is 6.83. The van der Waals surface area contributed by atoms with Gasteiger partial charge in [0.25, 0.3) is 0 Å². The van der Waals surface area contributed by atoms with Gasteiger partial charge in [0, 0.05) is 20.8 Å². The molecule has 106 valence electrons. The Morgan fingerprint density at radius 3 is 2.32 bits per heavy atom. The number of hydrogen-bond acceptors (Lipinski definition) is 3. The second-order valence-electron chi connectivity index (χ2n) is 5.04. The minimum absolute atomic E-state index is 0.268. The number of ether oxygens (including phenoxy) is 1. The van der Waals surface area contributed by atoms with Crippen LogP contribution in [0, 0.1) is 0 Å². The second-order valence-corrected chi connectivity index (χ2v) is 8.58. The lowest BCUT2D eigenvalue weighted by Crippen LogP contribution is -2.71. The molecule has 0 bridgehead atoms. The van der Waals surface area contributed by atoms with Gasteiger partial charge < -0.3 is 13.6 Å². The maximum atomic E-state index is 6.23. The summed E-state index contributed by atoms with van der Waals surface area (Å²) in [6.45, 7) is 2.98. The van der Waals surface area contributed by atoms with Crippen molar-refractivity contribution in [2.45, 2.75) is 37.8 Å². The van der Waals surface area contributed by atoms with Crippen LogP contribution in [0.3, 0.4) is 0 Å². The summed E-state index contributed by atoms with van der Waals surface area (Å²) in [6, 6.07) is 10.3. The quantitative estimate of drug-likeness (QED) is 0.776. The van der Waals surface area contributed by atoms with Crippen LogP contribution in [-0.2, 0) is 13.6 Å². The van der Waals surface area contributed by atoms with E-state index in [1.54, 1.807) is 14.2 Å². The van der Waals surface area contributed by atoms with Gasteiger partial charge in [-0.3, -0.25) is 0 Å². The van der Waals surface area contributed by atoms with Crippen LogP contribution in [0.1, 0.15) is 32.6 Å². The number of hydrogen-bond donors (Lipinski definition) is 0. The Labute approximate surface area is 117 Å². The molecule has 0 N–H and O–H groups in total. The van der Waals surface area contributed by atoms with Crippen molar-refractivity contribution in [2.24, 2.45) is 0 Å². The smallest absolute Gasteiger partial charge is 0.393 e. The lowest BCUT2D eigenvalue weighted by molar-refractivity contribution is -0.0545. The van der Waals surface area contributed by atoms with Crippen molar-refractivity contribution in [3.8, 4) is 0 Å². The maximum absolute atomic E-state index is 6.23. The molecular weight excluding hydrogens is 256 g/mol. The SMILES string of the molecule is CCC1([Si](OC)(OC)c2ccccc2)CCCCO1. The molecule has 0 aromatic heterocycles. The van der Waals surface area contributed by atoms with Crippen LogP contribution in [-0.4, -0.2) is 34.6 Å². The van der Waals surface area contributed by atoms with Crippen LogP contribution < -0.4 is 5.19 Å². The second kappa shape index (κ2) is 6.18. The summed E-state index contributed by atoms with van der Waals surface area (Å²) in [4.78, 5) is 0. The molecule has 1 fully saturated rings. The van der Waals surface area contributed by atoms with Crippen LogP contribution in [0.4, 0.5) is 0 Å². The molecule has 1 aliphatic rings. The van der Waals surface area contributed by atoms with Crippen molar-refractivity contribution >= 4 is 13.7 Å². The van der Waals surface area contributed by atoms with Crippen molar-refractivity contribution in [3.05, 3.63) is 30.3 Å². The van der Waals surface area contributed by atoms with E-state index in [1.165, 1.54) is 6.42 Å². The Balaban J connectivity index is 2.48. The Bertz CT molecular complexity index is 384. The molecule has 0 radical (unpaired) electrons. The molecule has 1 saturated heterocycles. The fourth-order valence-corrected chi connectivity index (χ4v) is 7.04. The molecule has 1 atom stereocenters. The number of rotatable bonds is 5. The van der Waals surface area contributed by atoms with Crippen molar-refractivity contribution in [2.75, 3.05) is 20.8 Å². The molecule has 0 saturated carbocycles. The molecule has 1 heterocycles. The molecule has 1 aromatic carbocycles. The van der Waals surface area contributed by atoms with E-state index in [0.717, 1.165) is 31.1 Å². The lowest BCUT2D eigenvalue weighted by Gasteiger charge is -2.47. The minimum atomic E-state index is -2.59. The Hall–Kier alpha value is -0.683. The van der Waals surface area contributed by atoms with E-state index in [0.29, 0.717) is 0 Å². The van der Waals surface area contributed by atoms with Gasteiger partial charge in [0.15, 0.2) is 0 Å². The van der Waals surface area contributed by atoms with E-state index in [9.17, 15) is 0 Å². The first kappa shape index (κ1) is 14.7. The summed E-state index contributed by atoms with van der Waals surface area (Å²) in [5.74, 6) is 0. The van der Waals surface area contributed by atoms with Crippen LogP contribution >= 0.6 is 0 Å². The van der Waals surface area contributed by atoms with Gasteiger partial charge in [-0.15, -0.1) is 0 Å². The van der Waals surface area contributed by atoms with Crippen molar-refractivity contribution < 1.29 is 13.6 Å². The van der Waals surface area contributed by atoms with Gasteiger partial charge in [0.1, 0.15) is 5.22 Å². The monoisotopic (exact) mass is 280 g/mol. The van der Waals surface area contributed by atoms with Crippen molar-refractivity contribution in [1.29, 1.82) is 0 Å². The van der Waals surface area contributed by atoms with Crippen molar-refractivity contribution in [3.63, 3.8) is 0 Å². The molecule has 0 spiro atoms. The molecule has 1 unspecified atom stereocenters. The summed E-state index contributed by atoms with van der Waals surface area (Å²) >= 11 is 0. The Morgan fingerprint density at radius 1 is 1.16 bits per heavy atom. The van der Waals surface area contributed by atoms with Gasteiger partial charge in [0.05, 0.1) is 0 Å². The molecule has 3 nitrogen and oxygen atoms in total. The molecule has 0 amide bonds. The summed E-state index contributed by atoms with van der Waals surface area (Å²) in [7, 11) is 0.933. The van der Waals surface area contributed by atoms with Crippen LogP contribution in [0.5, 0.6) is 0 Å². The fraction of sp³-hybridized carbons (Fsp3) is 0.600. The van der Waals surface area contributed by atoms with Gasteiger partial charge in [-0.2, -0.15) is 0 Å². The van der Waals surface area contributed by atoms with Gasteiger partial charge in [-0.1, -0.05) is 37.3 Å². The van der Waals surface area contributed by atoms with Crippen LogP contribution in [0.25, 0.3) is 0 Å². The third-order valence-corrected chi connectivity index (χ3v) is 8.44. The molecule has 4 heteroatoms. The highest BCUT2D eigenvalue weighted by Gasteiger charge is 2.59. The van der Waals surface area contributed by atoms with Gasteiger partial charge in [-0.05, 0) is 30.9 Å². The molecule has 1 aromatic rings. The largest absolute Gasteiger partial charge is 0.405 e. The van der Waals surface area contributed by atoms with Gasteiger partial charge >= 0.3 is 8.56 Å². The first-order valence-corrected chi connectivity index (χ1v) is 8.86. The van der Waals surface area contributed by atoms with E-state index in [-0.39, 0.29) is 5.22 Å². The Morgan fingerprint density at radius 2 is 1.84 bits per heavy atom. The summed E-state index contributed by atoms with van der Waals surface area (Å²) < 4.78 is 18.2. The minimum Gasteiger partial charge on any atom is -0.393 e. The van der Waals surface area contributed by atoms with E-state index < -0.39 is 8.56 Å². The van der Waals surface area contributed by atoms with Crippen LogP contribution in [0.15, 0.2) is 30.3 Å². The zero-order valence-corrected chi connectivity index (χ0v) is 13.1. The van der Waals surface area contributed by atoms with E-state index in [4.69, 9.17) is 13.6 Å². The zero-order valence-electron chi connectivity index (χ0n) is 12.1. The molecule has 0 aliphatic carbocycles. The Kier molecular flexibility index (Phi) is 4.79. The average Bonchev–Trinajstić information content (AvgIpc) is 2.51. The predicted molar refractivity (Wildman–Crippen MR) is 78.7 cm³/mol. The van der Waals surface area contributed by atoms with Gasteiger partial charge in [0.2, 0.25) is 0 Å². The highest BCUT2D eigenvalue weighted by Crippen LogP contribution is 2.37. The standard InChI is InChI=1S/C15H24O3Si/c1-4-15(12-8-9-13-18-15)19(16-2,17-3)14-10-6-5-7-11-14/h5-7,10-11H,4,8-9,12-13H2,1-3H3. The maximum Gasteiger partial charge on any atom is 0.405 e. The third kappa shape index (κ3) is 2.38. The van der Waals surface area contributed by atoms with Gasteiger partial charge in [-0.25, -0.2) is 0 Å². The molecule has 1 aliphatic heterocycles. The fourth-order valence-electron chi connectivity index (χ4n) is 3.24. The predicted octanol–water partition coefficient (Wildman–Crippen LogP) is 2.52. The zero-order chi connectivity index (χ0) is 13.8. The third-order valence-electron chi connectivity index (χ3n) is 4.25. The molecule has 2 rings (SSSR count). The van der Waals surface area contributed by atoms with Crippen molar-refractivity contribution in [1.82, 2.24) is 0 Å². The highest BCUT2D eigenvalue weighted by atomic mass is 28.4. The normalized spacial score (nSPS) is 24.4. The number of benzene rings is 1. The summed E-state index contributed by atoms with van der Waals surface area (Å²) in [6.07, 6.45) is 4.26. The first-order chi connectivity index (χ1) is 9.24.